The molecule has 4 nitrogen and oxygen atoms in total. The van der Waals surface area contributed by atoms with E-state index in [4.69, 9.17) is 0 Å². The molecule has 3 aliphatic rings. The molecule has 2 atom stereocenters. The maximum atomic E-state index is 12.6. The maximum Gasteiger partial charge on any atom is 0.397 e. The summed E-state index contributed by atoms with van der Waals surface area (Å²) in [4.78, 5) is 27.5. The smallest absolute Gasteiger partial charge is 0.340 e. The van der Waals surface area contributed by atoms with Gasteiger partial charge in [-0.3, -0.25) is 9.59 Å². The molecule has 0 N–H and O–H groups in total. The number of rotatable bonds is 3. The second kappa shape index (κ2) is 6.45. The highest BCUT2D eigenvalue weighted by atomic mass is 19.4. The molecule has 0 saturated carbocycles. The third kappa shape index (κ3) is 3.71. The Morgan fingerprint density at radius 3 is 2.50 bits per heavy atom. The predicted octanol–water partition coefficient (Wildman–Crippen LogP) is 2.59. The standard InChI is InChI=1S/C17H19F3N2O2/c18-17(19,20)8-15(23)21-10-13-6-7-14(11-21)22(16(13)24)9-12-4-2-1-3-5-12/h1-5,13-14H,6-11H2/t13-,14+/m0/s1. The van der Waals surface area contributed by atoms with Gasteiger partial charge < -0.3 is 9.80 Å². The van der Waals surface area contributed by atoms with Crippen molar-refractivity contribution in [1.29, 1.82) is 0 Å². The van der Waals surface area contributed by atoms with Crippen molar-refractivity contribution >= 4 is 11.8 Å². The molecule has 2 bridgehead atoms. The number of benzene rings is 1. The highest BCUT2D eigenvalue weighted by molar-refractivity contribution is 5.83. The Bertz CT molecular complexity index is 618. The predicted molar refractivity (Wildman–Crippen MR) is 80.8 cm³/mol. The van der Waals surface area contributed by atoms with Gasteiger partial charge in [0.05, 0.1) is 5.92 Å². The number of nitrogens with zero attached hydrogens (tertiary/aromatic N) is 2. The molecule has 24 heavy (non-hydrogen) atoms. The Balaban J connectivity index is 1.74. The number of carbonyl (C=O) groups is 2. The van der Waals surface area contributed by atoms with Gasteiger partial charge in [0.15, 0.2) is 0 Å². The van der Waals surface area contributed by atoms with Crippen LogP contribution in [0.1, 0.15) is 24.8 Å². The lowest BCUT2D eigenvalue weighted by molar-refractivity contribution is -0.161. The monoisotopic (exact) mass is 340 g/mol. The molecular formula is C17H19F3N2O2. The van der Waals surface area contributed by atoms with E-state index in [-0.39, 0.29) is 25.0 Å². The van der Waals surface area contributed by atoms with Gasteiger partial charge >= 0.3 is 6.18 Å². The van der Waals surface area contributed by atoms with Gasteiger partial charge in [-0.05, 0) is 18.4 Å². The molecule has 7 heteroatoms. The Morgan fingerprint density at radius 1 is 1.12 bits per heavy atom. The highest BCUT2D eigenvalue weighted by Gasteiger charge is 2.43. The second-order valence-corrected chi connectivity index (χ2v) is 6.47. The lowest BCUT2D eigenvalue weighted by atomic mass is 9.93. The van der Waals surface area contributed by atoms with Gasteiger partial charge in [-0.2, -0.15) is 13.2 Å². The zero-order valence-corrected chi connectivity index (χ0v) is 13.1. The lowest BCUT2D eigenvalue weighted by Gasteiger charge is -2.36. The van der Waals surface area contributed by atoms with Gasteiger partial charge in [-0.1, -0.05) is 30.3 Å². The largest absolute Gasteiger partial charge is 0.397 e. The minimum absolute atomic E-state index is 0.0580. The van der Waals surface area contributed by atoms with Crippen LogP contribution < -0.4 is 0 Å². The number of carbonyl (C=O) groups excluding carboxylic acids is 2. The summed E-state index contributed by atoms with van der Waals surface area (Å²) in [6.07, 6.45) is -4.63. The SMILES string of the molecule is O=C(CC(F)(F)F)N1C[C@@H]2CC[C@H](C1)N(Cc1ccccc1)C2=O. The minimum Gasteiger partial charge on any atom is -0.340 e. The number of amides is 2. The van der Waals surface area contributed by atoms with Crippen LogP contribution in [0, 0.1) is 5.92 Å². The molecule has 1 aromatic carbocycles. The van der Waals surface area contributed by atoms with Crippen LogP contribution in [0.4, 0.5) is 13.2 Å². The van der Waals surface area contributed by atoms with Crippen LogP contribution in [0.5, 0.6) is 0 Å². The fourth-order valence-electron chi connectivity index (χ4n) is 3.52. The van der Waals surface area contributed by atoms with Gasteiger partial charge in [0.2, 0.25) is 11.8 Å². The number of hydrogen-bond acceptors (Lipinski definition) is 2. The van der Waals surface area contributed by atoms with Crippen LogP contribution in [0.3, 0.4) is 0 Å². The minimum atomic E-state index is -4.52. The van der Waals surface area contributed by atoms with Crippen LogP contribution in [-0.4, -0.2) is 46.9 Å². The van der Waals surface area contributed by atoms with Gasteiger partial charge in [0, 0.05) is 25.7 Å². The first-order valence-electron chi connectivity index (χ1n) is 8.02. The first-order chi connectivity index (χ1) is 11.3. The molecule has 3 saturated heterocycles. The number of hydrogen-bond donors (Lipinski definition) is 0. The summed E-state index contributed by atoms with van der Waals surface area (Å²) in [7, 11) is 0. The molecule has 130 valence electrons. The van der Waals surface area contributed by atoms with Crippen molar-refractivity contribution < 1.29 is 22.8 Å². The summed E-state index contributed by atoms with van der Waals surface area (Å²) in [6, 6.07) is 9.27. The summed E-state index contributed by atoms with van der Waals surface area (Å²) in [6.45, 7) is 0.710. The lowest BCUT2D eigenvalue weighted by Crippen LogP contribution is -2.47. The number of piperidine rings is 1. The molecule has 3 heterocycles. The molecule has 0 spiro atoms. The number of fused-ring (bicyclic) bond motifs is 4. The molecule has 3 fully saturated rings. The average Bonchev–Trinajstić information content (AvgIpc) is 2.80. The van der Waals surface area contributed by atoms with Crippen LogP contribution in [0.25, 0.3) is 0 Å². The molecular weight excluding hydrogens is 321 g/mol. The van der Waals surface area contributed by atoms with Gasteiger partial charge in [0.25, 0.3) is 0 Å². The molecule has 2 amide bonds. The quantitative estimate of drug-likeness (QED) is 0.849. The zero-order chi connectivity index (χ0) is 17.3. The normalized spacial score (nSPS) is 24.2. The molecule has 0 radical (unpaired) electrons. The van der Waals surface area contributed by atoms with Gasteiger partial charge in [-0.15, -0.1) is 0 Å². The van der Waals surface area contributed by atoms with E-state index in [9.17, 15) is 22.8 Å². The van der Waals surface area contributed by atoms with Crippen molar-refractivity contribution in [1.82, 2.24) is 9.80 Å². The zero-order valence-electron chi connectivity index (χ0n) is 13.1. The van der Waals surface area contributed by atoms with Crippen molar-refractivity contribution in [3.8, 4) is 0 Å². The molecule has 3 aliphatic heterocycles. The maximum absolute atomic E-state index is 12.6. The van der Waals surface area contributed by atoms with Gasteiger partial charge in [-0.25, -0.2) is 0 Å². The fourth-order valence-corrected chi connectivity index (χ4v) is 3.52. The van der Waals surface area contributed by atoms with Crippen molar-refractivity contribution in [2.75, 3.05) is 13.1 Å². The van der Waals surface area contributed by atoms with Crippen LogP contribution >= 0.6 is 0 Å². The summed E-state index contributed by atoms with van der Waals surface area (Å²) < 4.78 is 37.5. The van der Waals surface area contributed by atoms with Crippen molar-refractivity contribution in [2.45, 2.75) is 38.0 Å². The Morgan fingerprint density at radius 2 is 1.83 bits per heavy atom. The van der Waals surface area contributed by atoms with Crippen molar-refractivity contribution in [3.05, 3.63) is 35.9 Å². The van der Waals surface area contributed by atoms with E-state index in [0.717, 1.165) is 12.0 Å². The van der Waals surface area contributed by atoms with Crippen LogP contribution in [-0.2, 0) is 16.1 Å². The van der Waals surface area contributed by atoms with Crippen molar-refractivity contribution in [2.24, 2.45) is 5.92 Å². The third-order valence-electron chi connectivity index (χ3n) is 4.69. The van der Waals surface area contributed by atoms with E-state index in [1.165, 1.54) is 4.90 Å². The third-order valence-corrected chi connectivity index (χ3v) is 4.69. The highest BCUT2D eigenvalue weighted by Crippen LogP contribution is 2.31. The molecule has 0 aliphatic carbocycles. The molecule has 1 aromatic rings. The van der Waals surface area contributed by atoms with E-state index in [1.54, 1.807) is 4.90 Å². The Labute approximate surface area is 138 Å². The average molecular weight is 340 g/mol. The van der Waals surface area contributed by atoms with Gasteiger partial charge in [0.1, 0.15) is 6.42 Å². The molecule has 0 unspecified atom stereocenters. The Hall–Kier alpha value is -2.05. The first kappa shape index (κ1) is 16.8. The van der Waals surface area contributed by atoms with Crippen LogP contribution in [0.15, 0.2) is 30.3 Å². The van der Waals surface area contributed by atoms with E-state index >= 15 is 0 Å². The number of alkyl halides is 3. The van der Waals surface area contributed by atoms with Crippen LogP contribution in [0.2, 0.25) is 0 Å². The topological polar surface area (TPSA) is 40.6 Å². The summed E-state index contributed by atoms with van der Waals surface area (Å²) in [5.41, 5.74) is 0.978. The van der Waals surface area contributed by atoms with E-state index in [2.05, 4.69) is 0 Å². The van der Waals surface area contributed by atoms with E-state index in [1.807, 2.05) is 30.3 Å². The summed E-state index contributed by atoms with van der Waals surface area (Å²) >= 11 is 0. The van der Waals surface area contributed by atoms with E-state index in [0.29, 0.717) is 13.0 Å². The second-order valence-electron chi connectivity index (χ2n) is 6.47. The summed E-state index contributed by atoms with van der Waals surface area (Å²) in [5, 5.41) is 0. The van der Waals surface area contributed by atoms with Crippen molar-refractivity contribution in [3.63, 3.8) is 0 Å². The molecule has 0 aromatic heterocycles. The van der Waals surface area contributed by atoms with E-state index < -0.39 is 24.4 Å². The summed E-state index contributed by atoms with van der Waals surface area (Å²) in [5.74, 6) is -1.39. The number of halogens is 3. The Kier molecular flexibility index (Phi) is 4.51. The first-order valence-corrected chi connectivity index (χ1v) is 8.02. The fraction of sp³-hybridized carbons (Fsp3) is 0.529. The molecule has 4 rings (SSSR count).